The van der Waals surface area contributed by atoms with E-state index in [1.54, 1.807) is 12.4 Å². The lowest BCUT2D eigenvalue weighted by Gasteiger charge is -2.15. The molecule has 0 unspecified atom stereocenters. The first-order chi connectivity index (χ1) is 9.29. The highest BCUT2D eigenvalue weighted by atomic mass is 16.5. The maximum Gasteiger partial charge on any atom is 0.337 e. The normalized spacial score (nSPS) is 15.3. The summed E-state index contributed by atoms with van der Waals surface area (Å²) in [6.45, 7) is 1.33. The van der Waals surface area contributed by atoms with Crippen LogP contribution in [0.2, 0.25) is 0 Å². The molecule has 0 amide bonds. The second-order valence-electron chi connectivity index (χ2n) is 4.33. The summed E-state index contributed by atoms with van der Waals surface area (Å²) in [5.41, 5.74) is 3.45. The third-order valence-corrected chi connectivity index (χ3v) is 3.22. The first-order valence-corrected chi connectivity index (χ1v) is 6.12. The molecule has 0 bridgehead atoms. The molecule has 0 aliphatic carbocycles. The van der Waals surface area contributed by atoms with Crippen LogP contribution in [0.25, 0.3) is 16.7 Å². The van der Waals surface area contributed by atoms with Crippen molar-refractivity contribution in [3.63, 3.8) is 0 Å². The number of methoxy groups -OCH3 is 1. The van der Waals surface area contributed by atoms with Crippen molar-refractivity contribution in [2.75, 3.05) is 20.3 Å². The molecule has 0 atom stereocenters. The molecule has 5 heteroatoms. The number of fused-ring (bicyclic) bond motifs is 1. The Morgan fingerprint density at radius 1 is 1.47 bits per heavy atom. The summed E-state index contributed by atoms with van der Waals surface area (Å²) in [4.78, 5) is 15.9. The molecular weight excluding hydrogens is 244 g/mol. The number of carbonyl (C=O) groups is 1. The van der Waals surface area contributed by atoms with E-state index < -0.39 is 0 Å². The highest BCUT2D eigenvalue weighted by Gasteiger charge is 2.12. The average Bonchev–Trinajstić information content (AvgIpc) is 2.90. The molecule has 5 nitrogen and oxygen atoms in total. The quantitative estimate of drug-likeness (QED) is 0.774. The summed E-state index contributed by atoms with van der Waals surface area (Å²) < 4.78 is 12.1. The van der Waals surface area contributed by atoms with Crippen molar-refractivity contribution in [1.82, 2.24) is 9.55 Å². The molecule has 0 fully saturated rings. The summed E-state index contributed by atoms with van der Waals surface area (Å²) in [6.07, 6.45) is 4.66. The third-order valence-electron chi connectivity index (χ3n) is 3.22. The summed E-state index contributed by atoms with van der Waals surface area (Å²) in [5, 5.41) is 0. The van der Waals surface area contributed by atoms with Crippen molar-refractivity contribution < 1.29 is 14.3 Å². The van der Waals surface area contributed by atoms with Gasteiger partial charge >= 0.3 is 5.97 Å². The number of ether oxygens (including phenoxy) is 2. The number of imidazole rings is 1. The van der Waals surface area contributed by atoms with Crippen LogP contribution in [0, 0.1) is 0 Å². The van der Waals surface area contributed by atoms with E-state index in [9.17, 15) is 4.79 Å². The van der Waals surface area contributed by atoms with Gasteiger partial charge in [0.2, 0.25) is 0 Å². The predicted octanol–water partition coefficient (Wildman–Crippen LogP) is 2.08. The fraction of sp³-hybridized carbons (Fsp3) is 0.286. The molecule has 3 rings (SSSR count). The van der Waals surface area contributed by atoms with Gasteiger partial charge in [-0.1, -0.05) is 0 Å². The minimum atomic E-state index is -0.337. The average molecular weight is 258 g/mol. The van der Waals surface area contributed by atoms with Gasteiger partial charge in [0.15, 0.2) is 0 Å². The minimum Gasteiger partial charge on any atom is -0.465 e. The first-order valence-electron chi connectivity index (χ1n) is 6.12. The van der Waals surface area contributed by atoms with Crippen molar-refractivity contribution in [3.8, 4) is 0 Å². The Labute approximate surface area is 110 Å². The van der Waals surface area contributed by atoms with Crippen molar-refractivity contribution in [1.29, 1.82) is 0 Å². The maximum absolute atomic E-state index is 11.6. The highest BCUT2D eigenvalue weighted by Crippen LogP contribution is 2.22. The van der Waals surface area contributed by atoms with E-state index >= 15 is 0 Å². The van der Waals surface area contributed by atoms with Crippen LogP contribution >= 0.6 is 0 Å². The van der Waals surface area contributed by atoms with Crippen LogP contribution in [-0.2, 0) is 9.47 Å². The minimum absolute atomic E-state index is 0.337. The van der Waals surface area contributed by atoms with E-state index in [-0.39, 0.29) is 5.97 Å². The monoisotopic (exact) mass is 258 g/mol. The topological polar surface area (TPSA) is 53.3 Å². The van der Waals surface area contributed by atoms with Crippen LogP contribution in [0.5, 0.6) is 0 Å². The molecule has 2 heterocycles. The molecule has 1 aliphatic heterocycles. The van der Waals surface area contributed by atoms with Gasteiger partial charge in [0.1, 0.15) is 6.33 Å². The van der Waals surface area contributed by atoms with E-state index in [4.69, 9.17) is 9.47 Å². The van der Waals surface area contributed by atoms with Gasteiger partial charge in [0.25, 0.3) is 0 Å². The lowest BCUT2D eigenvalue weighted by molar-refractivity contribution is 0.0601. The highest BCUT2D eigenvalue weighted by molar-refractivity contribution is 5.94. The third kappa shape index (κ3) is 2.13. The number of carbonyl (C=O) groups excluding carboxylic acids is 1. The van der Waals surface area contributed by atoms with Gasteiger partial charge in [0, 0.05) is 12.1 Å². The summed E-state index contributed by atoms with van der Waals surface area (Å²) in [6, 6.07) is 5.37. The Balaban J connectivity index is 2.10. The predicted molar refractivity (Wildman–Crippen MR) is 70.8 cm³/mol. The summed E-state index contributed by atoms with van der Waals surface area (Å²) >= 11 is 0. The largest absolute Gasteiger partial charge is 0.465 e. The number of aromatic nitrogens is 2. The molecule has 0 saturated carbocycles. The molecule has 0 saturated heterocycles. The van der Waals surface area contributed by atoms with Crippen molar-refractivity contribution >= 4 is 22.7 Å². The van der Waals surface area contributed by atoms with Crippen molar-refractivity contribution in [3.05, 3.63) is 36.2 Å². The standard InChI is InChI=1S/C14H14N2O3/c1-18-14(17)10-2-3-12-13(8-10)16(9-15-12)11-4-6-19-7-5-11/h2-4,8-9H,5-7H2,1H3. The second kappa shape index (κ2) is 4.85. The van der Waals surface area contributed by atoms with Gasteiger partial charge in [0.05, 0.1) is 36.9 Å². The Morgan fingerprint density at radius 2 is 2.37 bits per heavy atom. The second-order valence-corrected chi connectivity index (χ2v) is 4.33. The molecule has 1 aromatic heterocycles. The Morgan fingerprint density at radius 3 is 3.11 bits per heavy atom. The van der Waals surface area contributed by atoms with Crippen LogP contribution in [0.3, 0.4) is 0 Å². The molecule has 0 N–H and O–H groups in total. The van der Waals surface area contributed by atoms with Gasteiger partial charge in [-0.15, -0.1) is 0 Å². The molecule has 2 aromatic rings. The van der Waals surface area contributed by atoms with E-state index in [0.717, 1.165) is 23.2 Å². The number of benzene rings is 1. The zero-order chi connectivity index (χ0) is 13.2. The number of hydrogen-bond donors (Lipinski definition) is 0. The van der Waals surface area contributed by atoms with Gasteiger partial charge in [-0.3, -0.25) is 0 Å². The van der Waals surface area contributed by atoms with Crippen molar-refractivity contribution in [2.45, 2.75) is 6.42 Å². The Hall–Kier alpha value is -2.14. The molecule has 1 aromatic carbocycles. The number of nitrogens with zero attached hydrogens (tertiary/aromatic N) is 2. The van der Waals surface area contributed by atoms with Gasteiger partial charge < -0.3 is 14.0 Å². The van der Waals surface area contributed by atoms with Crippen LogP contribution < -0.4 is 0 Å². The van der Waals surface area contributed by atoms with Crippen LogP contribution in [0.1, 0.15) is 16.8 Å². The molecule has 1 aliphatic rings. The van der Waals surface area contributed by atoms with Crippen molar-refractivity contribution in [2.24, 2.45) is 0 Å². The number of esters is 1. The van der Waals surface area contributed by atoms with Gasteiger partial charge in [-0.05, 0) is 24.3 Å². The van der Waals surface area contributed by atoms with E-state index in [1.165, 1.54) is 7.11 Å². The first kappa shape index (κ1) is 11.9. The van der Waals surface area contributed by atoms with Crippen LogP contribution in [0.4, 0.5) is 0 Å². The summed E-state index contributed by atoms with van der Waals surface area (Å²) in [7, 11) is 1.38. The van der Waals surface area contributed by atoms with E-state index in [1.807, 2.05) is 22.8 Å². The molecular formula is C14H14N2O3. The van der Waals surface area contributed by atoms with Gasteiger partial charge in [-0.2, -0.15) is 0 Å². The Kier molecular flexibility index (Phi) is 3.05. The molecule has 98 valence electrons. The Bertz CT molecular complexity index is 658. The fourth-order valence-electron chi connectivity index (χ4n) is 2.22. The maximum atomic E-state index is 11.6. The smallest absolute Gasteiger partial charge is 0.337 e. The number of hydrogen-bond acceptors (Lipinski definition) is 4. The number of rotatable bonds is 2. The van der Waals surface area contributed by atoms with E-state index in [0.29, 0.717) is 18.8 Å². The molecule has 0 spiro atoms. The SMILES string of the molecule is COC(=O)c1ccc2ncn(C3=CCOCC3)c2c1. The van der Waals surface area contributed by atoms with Crippen LogP contribution in [0.15, 0.2) is 30.6 Å². The van der Waals surface area contributed by atoms with Crippen LogP contribution in [-0.4, -0.2) is 35.8 Å². The fourth-order valence-corrected chi connectivity index (χ4v) is 2.22. The lowest BCUT2D eigenvalue weighted by atomic mass is 10.2. The zero-order valence-electron chi connectivity index (χ0n) is 10.6. The zero-order valence-corrected chi connectivity index (χ0v) is 10.6. The summed E-state index contributed by atoms with van der Waals surface area (Å²) in [5.74, 6) is -0.337. The van der Waals surface area contributed by atoms with Gasteiger partial charge in [-0.25, -0.2) is 9.78 Å². The lowest BCUT2D eigenvalue weighted by Crippen LogP contribution is -2.08. The molecule has 19 heavy (non-hydrogen) atoms. The molecule has 0 radical (unpaired) electrons. The van der Waals surface area contributed by atoms with E-state index in [2.05, 4.69) is 4.98 Å².